The number of halogens is 2. The van der Waals surface area contributed by atoms with Gasteiger partial charge >= 0.3 is 0 Å². The summed E-state index contributed by atoms with van der Waals surface area (Å²) in [7, 11) is 0. The van der Waals surface area contributed by atoms with Crippen molar-refractivity contribution in [3.05, 3.63) is 59.4 Å². The van der Waals surface area contributed by atoms with Crippen molar-refractivity contribution in [3.63, 3.8) is 0 Å². The second-order valence-electron chi connectivity index (χ2n) is 7.23. The van der Waals surface area contributed by atoms with Crippen LogP contribution >= 0.6 is 0 Å². The van der Waals surface area contributed by atoms with Gasteiger partial charge in [-0.25, -0.2) is 14.4 Å². The first-order valence-electron chi connectivity index (χ1n) is 9.96. The minimum absolute atomic E-state index is 0.0286. The molecule has 0 fully saturated rings. The van der Waals surface area contributed by atoms with E-state index in [0.717, 1.165) is 25.5 Å². The third-order valence-electron chi connectivity index (χ3n) is 5.20. The summed E-state index contributed by atoms with van der Waals surface area (Å²) >= 11 is 0. The van der Waals surface area contributed by atoms with Crippen LogP contribution in [0, 0.1) is 11.8 Å². The van der Waals surface area contributed by atoms with Crippen LogP contribution in [0.5, 0.6) is 0 Å². The highest BCUT2D eigenvalue weighted by atomic mass is 19.1. The van der Waals surface area contributed by atoms with Crippen molar-refractivity contribution < 1.29 is 18.1 Å². The van der Waals surface area contributed by atoms with E-state index in [1.54, 1.807) is 4.90 Å². The van der Waals surface area contributed by atoms with Gasteiger partial charge in [-0.1, -0.05) is 18.5 Å². The molecule has 1 atom stereocenters. The Morgan fingerprint density at radius 2 is 2.07 bits per heavy atom. The predicted octanol–water partition coefficient (Wildman–Crippen LogP) is 3.60. The fourth-order valence-corrected chi connectivity index (χ4v) is 3.74. The summed E-state index contributed by atoms with van der Waals surface area (Å²) in [6, 6.07) is 5.50. The number of rotatable bonds is 6. The molecule has 3 aromatic rings. The zero-order chi connectivity index (χ0) is 21.1. The lowest BCUT2D eigenvalue weighted by Crippen LogP contribution is -2.40. The predicted molar refractivity (Wildman–Crippen MR) is 103 cm³/mol. The molecule has 3 aromatic heterocycles. The lowest BCUT2D eigenvalue weighted by molar-refractivity contribution is 0.0667. The molecule has 0 saturated carbocycles. The molecule has 4 heterocycles. The summed E-state index contributed by atoms with van der Waals surface area (Å²) in [6.07, 6.45) is 4.50. The number of carbonyl (C=O) groups excluding carboxylic acids is 1. The molecule has 0 aliphatic carbocycles. The van der Waals surface area contributed by atoms with Crippen LogP contribution in [0.15, 0.2) is 35.0 Å². The van der Waals surface area contributed by atoms with Crippen LogP contribution in [0.25, 0.3) is 11.5 Å². The highest BCUT2D eigenvalue weighted by molar-refractivity contribution is 5.95. The topological polar surface area (TPSA) is 85.0 Å². The van der Waals surface area contributed by atoms with Gasteiger partial charge in [0.05, 0.1) is 17.5 Å². The highest BCUT2D eigenvalue weighted by Gasteiger charge is 2.30. The van der Waals surface area contributed by atoms with Gasteiger partial charge in [0, 0.05) is 19.0 Å². The Morgan fingerprint density at radius 3 is 2.83 bits per heavy atom. The van der Waals surface area contributed by atoms with Crippen LogP contribution in [-0.2, 0) is 12.8 Å². The Hall–Kier alpha value is -3.23. The Bertz CT molecular complexity index is 1040. The van der Waals surface area contributed by atoms with Crippen LogP contribution in [-0.4, -0.2) is 43.5 Å². The second kappa shape index (κ2) is 8.64. The van der Waals surface area contributed by atoms with Crippen molar-refractivity contribution >= 4 is 5.91 Å². The van der Waals surface area contributed by atoms with Gasteiger partial charge in [0.2, 0.25) is 17.7 Å². The number of pyridine rings is 2. The molecule has 0 unspecified atom stereocenters. The van der Waals surface area contributed by atoms with E-state index >= 15 is 0 Å². The van der Waals surface area contributed by atoms with Crippen molar-refractivity contribution in [1.29, 1.82) is 0 Å². The fraction of sp³-hybridized carbons (Fsp3) is 0.381. The molecule has 0 aromatic carbocycles. The second-order valence-corrected chi connectivity index (χ2v) is 7.23. The maximum atomic E-state index is 13.5. The van der Waals surface area contributed by atoms with Crippen LogP contribution in [0.2, 0.25) is 0 Å². The summed E-state index contributed by atoms with van der Waals surface area (Å²) in [6.45, 7) is 2.46. The normalized spacial score (nSPS) is 16.4. The summed E-state index contributed by atoms with van der Waals surface area (Å²) in [5.41, 5.74) is 1.35. The number of hydrogen-bond acceptors (Lipinski definition) is 6. The highest BCUT2D eigenvalue weighted by Crippen LogP contribution is 2.25. The van der Waals surface area contributed by atoms with Crippen molar-refractivity contribution in [2.45, 2.75) is 45.1 Å². The van der Waals surface area contributed by atoms with E-state index in [-0.39, 0.29) is 17.8 Å². The van der Waals surface area contributed by atoms with E-state index in [1.807, 2.05) is 0 Å². The lowest BCUT2D eigenvalue weighted by Gasteiger charge is -2.29. The zero-order valence-electron chi connectivity index (χ0n) is 16.5. The van der Waals surface area contributed by atoms with Gasteiger partial charge in [0.1, 0.15) is 11.5 Å². The quantitative estimate of drug-likeness (QED) is 0.574. The largest absolute Gasteiger partial charge is 0.339 e. The van der Waals surface area contributed by atoms with E-state index in [0.29, 0.717) is 42.2 Å². The minimum Gasteiger partial charge on any atom is -0.339 e. The number of amides is 1. The Kier molecular flexibility index (Phi) is 5.78. The molecule has 0 N–H and O–H groups in total. The van der Waals surface area contributed by atoms with Gasteiger partial charge in [0.15, 0.2) is 0 Å². The lowest BCUT2D eigenvalue weighted by atomic mass is 10.0. The molecule has 0 spiro atoms. The summed E-state index contributed by atoms with van der Waals surface area (Å²) in [5, 5.41) is 3.89. The first-order valence-corrected chi connectivity index (χ1v) is 9.96. The molecular formula is C21H21F2N5O2. The van der Waals surface area contributed by atoms with Gasteiger partial charge in [-0.05, 0) is 43.5 Å². The first kappa shape index (κ1) is 20.1. The molecule has 0 radical (unpaired) electrons. The van der Waals surface area contributed by atoms with Gasteiger partial charge in [-0.3, -0.25) is 4.79 Å². The van der Waals surface area contributed by atoms with Crippen molar-refractivity contribution in [2.75, 3.05) is 6.54 Å². The molecule has 1 aliphatic rings. The van der Waals surface area contributed by atoms with Gasteiger partial charge in [-0.2, -0.15) is 9.37 Å². The monoisotopic (exact) mass is 413 g/mol. The van der Waals surface area contributed by atoms with Crippen LogP contribution in [0.3, 0.4) is 0 Å². The molecular weight excluding hydrogens is 392 g/mol. The third kappa shape index (κ3) is 4.19. The van der Waals surface area contributed by atoms with Crippen molar-refractivity contribution in [2.24, 2.45) is 0 Å². The molecule has 0 saturated heterocycles. The van der Waals surface area contributed by atoms with Crippen molar-refractivity contribution in [3.8, 4) is 11.5 Å². The maximum Gasteiger partial charge on any atom is 0.255 e. The number of aromatic nitrogens is 4. The van der Waals surface area contributed by atoms with E-state index in [4.69, 9.17) is 4.52 Å². The molecule has 156 valence electrons. The summed E-state index contributed by atoms with van der Waals surface area (Å²) in [5.74, 6) is -0.551. The van der Waals surface area contributed by atoms with E-state index in [2.05, 4.69) is 27.0 Å². The average molecular weight is 413 g/mol. The maximum absolute atomic E-state index is 13.5. The Morgan fingerprint density at radius 1 is 1.20 bits per heavy atom. The standard InChI is InChI=1S/C21H21F2N5O2/c1-2-3-14-5-8-16-15(6-9-18(23)25-16)21(29)28(14)11-10-19-26-20(27-30-19)17-7-4-13(22)12-24-17/h4,6-7,9,12,14H,2-3,5,8,10-11H2,1H3/t14-/m0/s1. The molecule has 4 rings (SSSR count). The molecule has 9 heteroatoms. The SMILES string of the molecule is CCC[C@H]1CCc2nc(F)ccc2C(=O)N1CCc1nc(-c2ccc(F)cn2)no1. The van der Waals surface area contributed by atoms with E-state index in [1.165, 1.54) is 24.3 Å². The number of carbonyl (C=O) groups is 1. The fourth-order valence-electron chi connectivity index (χ4n) is 3.74. The zero-order valence-corrected chi connectivity index (χ0v) is 16.5. The van der Waals surface area contributed by atoms with Crippen LogP contribution in [0.4, 0.5) is 8.78 Å². The molecule has 0 bridgehead atoms. The summed E-state index contributed by atoms with van der Waals surface area (Å²) < 4.78 is 31.9. The molecule has 1 amide bonds. The molecule has 30 heavy (non-hydrogen) atoms. The van der Waals surface area contributed by atoms with E-state index < -0.39 is 11.8 Å². The van der Waals surface area contributed by atoms with E-state index in [9.17, 15) is 13.6 Å². The number of nitrogens with zero attached hydrogens (tertiary/aromatic N) is 5. The first-order chi connectivity index (χ1) is 14.5. The van der Waals surface area contributed by atoms with Crippen molar-refractivity contribution in [1.82, 2.24) is 25.0 Å². The molecule has 1 aliphatic heterocycles. The van der Waals surface area contributed by atoms with Gasteiger partial charge < -0.3 is 9.42 Å². The number of aryl methyl sites for hydroxylation is 1. The minimum atomic E-state index is -0.574. The van der Waals surface area contributed by atoms with Gasteiger partial charge in [0.25, 0.3) is 5.91 Å². The average Bonchev–Trinajstić information content (AvgIpc) is 3.16. The number of hydrogen-bond donors (Lipinski definition) is 0. The van der Waals surface area contributed by atoms with Crippen LogP contribution in [0.1, 0.15) is 48.1 Å². The Balaban J connectivity index is 1.52. The molecule has 7 nitrogen and oxygen atoms in total. The third-order valence-corrected chi connectivity index (χ3v) is 5.20. The summed E-state index contributed by atoms with van der Waals surface area (Å²) in [4.78, 5) is 27.1. The van der Waals surface area contributed by atoms with Crippen LogP contribution < -0.4 is 0 Å². The smallest absolute Gasteiger partial charge is 0.255 e. The Labute approximate surface area is 172 Å². The van der Waals surface area contributed by atoms with Gasteiger partial charge in [-0.15, -0.1) is 0 Å². The number of fused-ring (bicyclic) bond motifs is 1.